The van der Waals surface area contributed by atoms with Gasteiger partial charge in [-0.1, -0.05) is 38.1 Å². The first kappa shape index (κ1) is 18.4. The maximum absolute atomic E-state index is 13.5. The molecule has 0 aliphatic heterocycles. The maximum Gasteiger partial charge on any atom is 0.185 e. The van der Waals surface area contributed by atoms with Crippen LogP contribution >= 0.6 is 0 Å². The zero-order valence-electron chi connectivity index (χ0n) is 15.9. The van der Waals surface area contributed by atoms with E-state index >= 15 is 0 Å². The number of hydrogen-bond acceptors (Lipinski definition) is 3. The number of hydrogen-bond donors (Lipinski definition) is 0. The van der Waals surface area contributed by atoms with Crippen molar-refractivity contribution in [1.29, 1.82) is 0 Å². The summed E-state index contributed by atoms with van der Waals surface area (Å²) in [6, 6.07) is 7.60. The summed E-state index contributed by atoms with van der Waals surface area (Å²) in [7, 11) is 0.697. The van der Waals surface area contributed by atoms with Crippen molar-refractivity contribution >= 4 is 9.84 Å². The van der Waals surface area contributed by atoms with E-state index < -0.39 is 15.1 Å². The lowest BCUT2D eigenvalue weighted by Crippen LogP contribution is -2.42. The second kappa shape index (κ2) is 6.73. The minimum atomic E-state index is -3.40. The van der Waals surface area contributed by atoms with Gasteiger partial charge in [0.05, 0.1) is 10.1 Å². The van der Waals surface area contributed by atoms with Crippen LogP contribution in [0, 0.1) is 18.8 Å². The van der Waals surface area contributed by atoms with Crippen LogP contribution in [-0.2, 0) is 9.84 Å². The Labute approximate surface area is 152 Å². The smallest absolute Gasteiger partial charge is 0.185 e. The first-order chi connectivity index (χ1) is 11.7. The average Bonchev–Trinajstić information content (AvgIpc) is 2.57. The number of benzene rings is 1. The van der Waals surface area contributed by atoms with E-state index in [9.17, 15) is 8.42 Å². The molecule has 0 spiro atoms. The molecule has 1 aromatic rings. The lowest BCUT2D eigenvalue weighted by atomic mass is 9.74. The van der Waals surface area contributed by atoms with Crippen molar-refractivity contribution in [2.24, 2.45) is 11.8 Å². The Hall–Kier alpha value is -1.39. The van der Waals surface area contributed by atoms with Gasteiger partial charge in [-0.3, -0.25) is 0 Å². The Morgan fingerprint density at radius 1 is 1.16 bits per heavy atom. The van der Waals surface area contributed by atoms with E-state index in [2.05, 4.69) is 30.9 Å². The van der Waals surface area contributed by atoms with Crippen LogP contribution in [-0.4, -0.2) is 38.7 Å². The molecule has 0 saturated heterocycles. The van der Waals surface area contributed by atoms with Gasteiger partial charge in [-0.15, -0.1) is 0 Å². The van der Waals surface area contributed by atoms with Crippen molar-refractivity contribution in [2.45, 2.75) is 49.8 Å². The Bertz CT molecular complexity index is 820. The predicted molar refractivity (Wildman–Crippen MR) is 103 cm³/mol. The van der Waals surface area contributed by atoms with Gasteiger partial charge < -0.3 is 4.90 Å². The number of aryl methyl sites for hydroxylation is 1. The van der Waals surface area contributed by atoms with Crippen LogP contribution in [0.2, 0.25) is 0 Å². The molecule has 4 atom stereocenters. The summed E-state index contributed by atoms with van der Waals surface area (Å²) in [5.74, 6) is 0.651. The van der Waals surface area contributed by atoms with Crippen molar-refractivity contribution < 1.29 is 8.42 Å². The van der Waals surface area contributed by atoms with Crippen molar-refractivity contribution in [3.05, 3.63) is 53.1 Å². The summed E-state index contributed by atoms with van der Waals surface area (Å²) >= 11 is 0. The zero-order chi connectivity index (χ0) is 18.4. The van der Waals surface area contributed by atoms with Crippen molar-refractivity contribution in [2.75, 3.05) is 14.1 Å². The summed E-state index contributed by atoms with van der Waals surface area (Å²) in [5.41, 5.74) is 3.37. The van der Waals surface area contributed by atoms with E-state index in [1.165, 1.54) is 5.57 Å². The third kappa shape index (κ3) is 3.34. The van der Waals surface area contributed by atoms with Crippen LogP contribution in [0.25, 0.3) is 0 Å². The Morgan fingerprint density at radius 2 is 1.88 bits per heavy atom. The summed E-state index contributed by atoms with van der Waals surface area (Å²) in [6.07, 6.45) is 6.02. The second-order valence-corrected chi connectivity index (χ2v) is 10.0. The standard InChI is InChI=1S/C21H29NO2S/c1-14-7-6-8-19(11-14)25(23,24)20-13-18(22(4)5)12-17-10-9-15(2)16(3)21(17)20/h6-11,15-16,18,20H,12-13H2,1-5H3. The second-order valence-electron chi connectivity index (χ2n) is 7.89. The van der Waals surface area contributed by atoms with Gasteiger partial charge in [-0.05, 0) is 74.5 Å². The number of allylic oxidation sites excluding steroid dienone is 2. The van der Waals surface area contributed by atoms with Gasteiger partial charge in [-0.2, -0.15) is 0 Å². The van der Waals surface area contributed by atoms with E-state index in [1.54, 1.807) is 6.07 Å². The van der Waals surface area contributed by atoms with Crippen LogP contribution in [0.15, 0.2) is 52.5 Å². The number of rotatable bonds is 3. The predicted octanol–water partition coefficient (Wildman–Crippen LogP) is 4.00. The first-order valence-electron chi connectivity index (χ1n) is 9.10. The Kier molecular flexibility index (Phi) is 4.95. The topological polar surface area (TPSA) is 37.4 Å². The highest BCUT2D eigenvalue weighted by molar-refractivity contribution is 7.92. The quantitative estimate of drug-likeness (QED) is 0.818. The molecule has 2 aliphatic carbocycles. The van der Waals surface area contributed by atoms with Gasteiger partial charge in [0, 0.05) is 6.04 Å². The molecule has 0 radical (unpaired) electrons. The van der Waals surface area contributed by atoms with Crippen molar-refractivity contribution in [3.63, 3.8) is 0 Å². The molecule has 0 bridgehead atoms. The lowest BCUT2D eigenvalue weighted by Gasteiger charge is -2.41. The fourth-order valence-electron chi connectivity index (χ4n) is 4.15. The van der Waals surface area contributed by atoms with Gasteiger partial charge in [-0.25, -0.2) is 8.42 Å². The molecule has 0 fully saturated rings. The van der Waals surface area contributed by atoms with Crippen molar-refractivity contribution in [3.8, 4) is 0 Å². The van der Waals surface area contributed by atoms with E-state index in [0.29, 0.717) is 17.2 Å². The highest BCUT2D eigenvalue weighted by Gasteiger charge is 2.42. The van der Waals surface area contributed by atoms with Gasteiger partial charge in [0.15, 0.2) is 9.84 Å². The van der Waals surface area contributed by atoms with E-state index in [1.807, 2.05) is 39.2 Å². The molecular formula is C21H29NO2S. The fourth-order valence-corrected chi connectivity index (χ4v) is 6.27. The fraction of sp³-hybridized carbons (Fsp3) is 0.524. The molecule has 4 unspecified atom stereocenters. The monoisotopic (exact) mass is 359 g/mol. The minimum absolute atomic E-state index is 0.258. The molecule has 136 valence electrons. The van der Waals surface area contributed by atoms with E-state index in [0.717, 1.165) is 17.6 Å². The molecule has 25 heavy (non-hydrogen) atoms. The third-order valence-corrected chi connectivity index (χ3v) is 8.07. The highest BCUT2D eigenvalue weighted by Crippen LogP contribution is 2.43. The molecule has 3 rings (SSSR count). The molecule has 2 aliphatic rings. The Balaban J connectivity index is 2.12. The number of nitrogens with zero attached hydrogens (tertiary/aromatic N) is 1. The van der Waals surface area contributed by atoms with Gasteiger partial charge in [0.1, 0.15) is 0 Å². The van der Waals surface area contributed by atoms with Gasteiger partial charge in [0.2, 0.25) is 0 Å². The average molecular weight is 360 g/mol. The summed E-state index contributed by atoms with van der Waals surface area (Å²) in [6.45, 7) is 6.30. The van der Waals surface area contributed by atoms with Crippen LogP contribution < -0.4 is 0 Å². The van der Waals surface area contributed by atoms with Crippen LogP contribution in [0.5, 0.6) is 0 Å². The molecule has 0 heterocycles. The van der Waals surface area contributed by atoms with E-state index in [-0.39, 0.29) is 12.0 Å². The number of sulfone groups is 1. The van der Waals surface area contributed by atoms with Crippen LogP contribution in [0.3, 0.4) is 0 Å². The summed E-state index contributed by atoms with van der Waals surface area (Å²) in [5, 5.41) is -0.423. The minimum Gasteiger partial charge on any atom is -0.306 e. The maximum atomic E-state index is 13.5. The lowest BCUT2D eigenvalue weighted by molar-refractivity contribution is 0.262. The molecule has 4 heteroatoms. The molecule has 1 aromatic carbocycles. The van der Waals surface area contributed by atoms with Gasteiger partial charge in [0.25, 0.3) is 0 Å². The Morgan fingerprint density at radius 3 is 2.52 bits per heavy atom. The SMILES string of the molecule is Cc1cccc(S(=O)(=O)C2CC(N(C)C)CC3=C2C(C)C(C)C=C3)c1. The highest BCUT2D eigenvalue weighted by atomic mass is 32.2. The molecule has 0 N–H and O–H groups in total. The molecular weight excluding hydrogens is 330 g/mol. The molecule has 0 amide bonds. The molecule has 3 nitrogen and oxygen atoms in total. The molecule has 0 saturated carbocycles. The van der Waals surface area contributed by atoms with Crippen molar-refractivity contribution in [1.82, 2.24) is 4.90 Å². The summed E-state index contributed by atoms with van der Waals surface area (Å²) in [4.78, 5) is 2.62. The van der Waals surface area contributed by atoms with E-state index in [4.69, 9.17) is 0 Å². The zero-order valence-corrected chi connectivity index (χ0v) is 16.7. The normalized spacial score (nSPS) is 29.8. The van der Waals surface area contributed by atoms with Crippen LogP contribution in [0.1, 0.15) is 32.3 Å². The molecule has 0 aromatic heterocycles. The summed E-state index contributed by atoms with van der Waals surface area (Å²) < 4.78 is 27.1. The largest absolute Gasteiger partial charge is 0.306 e. The first-order valence-corrected chi connectivity index (χ1v) is 10.6. The van der Waals surface area contributed by atoms with Gasteiger partial charge >= 0.3 is 0 Å². The van der Waals surface area contributed by atoms with Crippen LogP contribution in [0.4, 0.5) is 0 Å². The third-order valence-electron chi connectivity index (χ3n) is 5.96.